The summed E-state index contributed by atoms with van der Waals surface area (Å²) in [5, 5.41) is 20.8. The van der Waals surface area contributed by atoms with E-state index in [0.29, 0.717) is 43.6 Å². The van der Waals surface area contributed by atoms with Gasteiger partial charge in [0.05, 0.1) is 10.5 Å². The summed E-state index contributed by atoms with van der Waals surface area (Å²) in [6.45, 7) is 3.48. The van der Waals surface area contributed by atoms with Crippen LogP contribution in [0.3, 0.4) is 0 Å². The molecule has 1 N–H and O–H groups in total. The monoisotopic (exact) mass is 435 g/mol. The number of rotatable bonds is 5. The second-order valence-electron chi connectivity index (χ2n) is 7.07. The summed E-state index contributed by atoms with van der Waals surface area (Å²) in [6.07, 6.45) is 0. The normalized spacial score (nSPS) is 14.8. The van der Waals surface area contributed by atoms with E-state index in [-0.39, 0.29) is 10.5 Å². The minimum absolute atomic E-state index is 0.0472. The number of nitrogens with one attached hydrogen (secondary N) is 1. The molecule has 31 heavy (non-hydrogen) atoms. The second kappa shape index (κ2) is 8.67. The number of sulfonamides is 1. The summed E-state index contributed by atoms with van der Waals surface area (Å²) in [5.74, 6) is 1.95. The van der Waals surface area contributed by atoms with Crippen LogP contribution in [0.1, 0.15) is 11.3 Å². The first-order valence-corrected chi connectivity index (χ1v) is 11.2. The highest BCUT2D eigenvalue weighted by atomic mass is 32.2. The lowest BCUT2D eigenvalue weighted by Crippen LogP contribution is -2.49. The molecule has 0 radical (unpaired) electrons. The number of pyridine rings is 1. The van der Waals surface area contributed by atoms with Gasteiger partial charge in [0.2, 0.25) is 10.0 Å². The molecule has 0 unspecified atom stereocenters. The maximum Gasteiger partial charge on any atom is 0.244 e. The van der Waals surface area contributed by atoms with Gasteiger partial charge >= 0.3 is 0 Å². The summed E-state index contributed by atoms with van der Waals surface area (Å²) >= 11 is 0. The molecule has 0 saturated carbocycles. The van der Waals surface area contributed by atoms with Gasteiger partial charge in [-0.2, -0.15) is 9.57 Å². The van der Waals surface area contributed by atoms with Gasteiger partial charge in [0, 0.05) is 31.9 Å². The van der Waals surface area contributed by atoms with Crippen LogP contribution in [-0.2, 0) is 10.0 Å². The Morgan fingerprint density at radius 2 is 1.71 bits per heavy atom. The summed E-state index contributed by atoms with van der Waals surface area (Å²) in [7, 11) is -3.72. The zero-order chi connectivity index (χ0) is 21.8. The number of benzene rings is 1. The van der Waals surface area contributed by atoms with Crippen LogP contribution in [0.25, 0.3) is 0 Å². The van der Waals surface area contributed by atoms with Crippen molar-refractivity contribution in [2.45, 2.75) is 11.8 Å². The molecule has 0 atom stereocenters. The van der Waals surface area contributed by atoms with E-state index < -0.39 is 10.0 Å². The Labute approximate surface area is 181 Å². The molecule has 4 rings (SSSR count). The molecule has 1 fully saturated rings. The van der Waals surface area contributed by atoms with Crippen molar-refractivity contribution in [3.63, 3.8) is 0 Å². The lowest BCUT2D eigenvalue weighted by Gasteiger charge is -2.34. The van der Waals surface area contributed by atoms with Gasteiger partial charge in [0.25, 0.3) is 0 Å². The number of nitrogens with zero attached hydrogens (tertiary/aromatic N) is 6. The summed E-state index contributed by atoms with van der Waals surface area (Å²) in [5.41, 5.74) is 1.06. The van der Waals surface area contributed by atoms with Gasteiger partial charge in [-0.1, -0.05) is 18.2 Å². The van der Waals surface area contributed by atoms with Gasteiger partial charge in [-0.3, -0.25) is 0 Å². The van der Waals surface area contributed by atoms with Crippen LogP contribution in [0.5, 0.6) is 0 Å². The predicted molar refractivity (Wildman–Crippen MR) is 116 cm³/mol. The van der Waals surface area contributed by atoms with E-state index in [4.69, 9.17) is 0 Å². The van der Waals surface area contributed by atoms with Gasteiger partial charge in [-0.25, -0.2) is 13.4 Å². The molecule has 0 aliphatic carbocycles. The number of piperazine rings is 1. The standard InChI is InChI=1S/C21H21N7O2S/c1-16-5-4-8-19(23-16)24-20-9-10-21(26-25-20)27-11-13-28(14-12-27)31(29,30)18-7-3-2-6-17(18)15-22/h2-10H,11-14H2,1H3,(H,23,24,25). The van der Waals surface area contributed by atoms with E-state index >= 15 is 0 Å². The lowest BCUT2D eigenvalue weighted by atomic mass is 10.2. The molecule has 158 valence electrons. The van der Waals surface area contributed by atoms with Gasteiger partial charge in [-0.15, -0.1) is 10.2 Å². The molecule has 3 heterocycles. The third-order valence-electron chi connectivity index (χ3n) is 4.98. The molecule has 1 aromatic carbocycles. The average Bonchev–Trinajstić information content (AvgIpc) is 2.80. The number of hydrogen-bond acceptors (Lipinski definition) is 8. The molecule has 2 aromatic heterocycles. The Bertz CT molecular complexity index is 1210. The molecule has 0 amide bonds. The first kappa shape index (κ1) is 20.7. The smallest absolute Gasteiger partial charge is 0.244 e. The van der Waals surface area contributed by atoms with Crippen molar-refractivity contribution in [2.24, 2.45) is 0 Å². The van der Waals surface area contributed by atoms with Crippen molar-refractivity contribution in [1.29, 1.82) is 5.26 Å². The van der Waals surface area contributed by atoms with Crippen molar-refractivity contribution >= 4 is 27.5 Å². The third kappa shape index (κ3) is 4.47. The van der Waals surface area contributed by atoms with Gasteiger partial charge in [0.1, 0.15) is 11.9 Å². The van der Waals surface area contributed by atoms with Gasteiger partial charge in [-0.05, 0) is 43.3 Å². The quantitative estimate of drug-likeness (QED) is 0.649. The molecule has 0 bridgehead atoms. The van der Waals surface area contributed by atoms with Crippen molar-refractivity contribution in [2.75, 3.05) is 36.4 Å². The predicted octanol–water partition coefficient (Wildman–Crippen LogP) is 2.31. The molecule has 10 heteroatoms. The highest BCUT2D eigenvalue weighted by molar-refractivity contribution is 7.89. The fourth-order valence-corrected chi connectivity index (χ4v) is 4.95. The summed E-state index contributed by atoms with van der Waals surface area (Å²) < 4.78 is 27.3. The van der Waals surface area contributed by atoms with E-state index in [1.807, 2.05) is 48.2 Å². The first-order valence-electron chi connectivity index (χ1n) is 9.76. The van der Waals surface area contributed by atoms with Crippen LogP contribution in [0.15, 0.2) is 59.5 Å². The fraction of sp³-hybridized carbons (Fsp3) is 0.238. The molecular weight excluding hydrogens is 414 g/mol. The molecule has 9 nitrogen and oxygen atoms in total. The van der Waals surface area contributed by atoms with Crippen LogP contribution in [0.4, 0.5) is 17.5 Å². The average molecular weight is 436 g/mol. The zero-order valence-corrected chi connectivity index (χ0v) is 17.7. The molecule has 1 aliphatic heterocycles. The maximum absolute atomic E-state index is 13.0. The summed E-state index contributed by atoms with van der Waals surface area (Å²) in [6, 6.07) is 17.6. The van der Waals surface area contributed by atoms with Crippen LogP contribution >= 0.6 is 0 Å². The molecule has 3 aromatic rings. The number of anilines is 3. The highest BCUT2D eigenvalue weighted by Crippen LogP contribution is 2.23. The number of nitriles is 1. The number of aryl methyl sites for hydroxylation is 1. The van der Waals surface area contributed by atoms with Crippen LogP contribution < -0.4 is 10.2 Å². The van der Waals surface area contributed by atoms with Crippen molar-refractivity contribution in [3.05, 3.63) is 65.9 Å². The number of hydrogen-bond donors (Lipinski definition) is 1. The van der Waals surface area contributed by atoms with E-state index in [9.17, 15) is 13.7 Å². The zero-order valence-electron chi connectivity index (χ0n) is 16.9. The number of aromatic nitrogens is 3. The molecular formula is C21H21N7O2S. The van der Waals surface area contributed by atoms with E-state index in [2.05, 4.69) is 20.5 Å². The van der Waals surface area contributed by atoms with Gasteiger partial charge in [0.15, 0.2) is 11.6 Å². The molecule has 1 saturated heterocycles. The largest absolute Gasteiger partial charge is 0.352 e. The maximum atomic E-state index is 13.0. The first-order chi connectivity index (χ1) is 15.0. The van der Waals surface area contributed by atoms with E-state index in [1.54, 1.807) is 12.1 Å². The summed E-state index contributed by atoms with van der Waals surface area (Å²) in [4.78, 5) is 6.41. The van der Waals surface area contributed by atoms with Crippen molar-refractivity contribution < 1.29 is 8.42 Å². The SMILES string of the molecule is Cc1cccc(Nc2ccc(N3CCN(S(=O)(=O)c4ccccc4C#N)CC3)nn2)n1. The Morgan fingerprint density at radius 3 is 2.39 bits per heavy atom. The minimum Gasteiger partial charge on any atom is -0.352 e. The van der Waals surface area contributed by atoms with E-state index in [0.717, 1.165) is 5.69 Å². The lowest BCUT2D eigenvalue weighted by molar-refractivity contribution is 0.383. The molecule has 0 spiro atoms. The van der Waals surface area contributed by atoms with E-state index in [1.165, 1.54) is 16.4 Å². The fourth-order valence-electron chi connectivity index (χ4n) is 3.39. The van der Waals surface area contributed by atoms with Crippen LogP contribution in [0, 0.1) is 18.3 Å². The Kier molecular flexibility index (Phi) is 5.79. The third-order valence-corrected chi connectivity index (χ3v) is 6.94. The van der Waals surface area contributed by atoms with Crippen molar-refractivity contribution in [1.82, 2.24) is 19.5 Å². The van der Waals surface area contributed by atoms with Crippen LogP contribution in [-0.4, -0.2) is 54.1 Å². The topological polar surface area (TPSA) is 115 Å². The van der Waals surface area contributed by atoms with Crippen molar-refractivity contribution in [3.8, 4) is 6.07 Å². The van der Waals surface area contributed by atoms with Gasteiger partial charge < -0.3 is 10.2 Å². The Morgan fingerprint density at radius 1 is 0.935 bits per heavy atom. The van der Waals surface area contributed by atoms with Crippen LogP contribution in [0.2, 0.25) is 0 Å². The Balaban J connectivity index is 1.41. The Hall–Kier alpha value is -3.55. The minimum atomic E-state index is -3.72. The molecule has 1 aliphatic rings. The second-order valence-corrected chi connectivity index (χ2v) is 8.97. The highest BCUT2D eigenvalue weighted by Gasteiger charge is 2.30.